The maximum absolute atomic E-state index is 12.1. The summed E-state index contributed by atoms with van der Waals surface area (Å²) in [6.07, 6.45) is 0. The van der Waals surface area contributed by atoms with Crippen molar-refractivity contribution < 1.29 is 4.79 Å². The Kier molecular flexibility index (Phi) is 5.21. The number of anilines is 1. The zero-order chi connectivity index (χ0) is 15.2. The highest BCUT2D eigenvalue weighted by Gasteiger charge is 2.17. The zero-order valence-corrected chi connectivity index (χ0v) is 12.9. The van der Waals surface area contributed by atoms with Crippen molar-refractivity contribution in [2.75, 3.05) is 12.3 Å². The number of nitrogens with zero attached hydrogens (tertiary/aromatic N) is 2. The highest BCUT2D eigenvalue weighted by Crippen LogP contribution is 2.20. The number of nitrogen functional groups attached to an aromatic ring is 1. The fraction of sp³-hybridized carbons (Fsp3) is 0.357. The van der Waals surface area contributed by atoms with Gasteiger partial charge < -0.3 is 11.1 Å². The minimum absolute atomic E-state index is 0.0360. The van der Waals surface area contributed by atoms with Crippen molar-refractivity contribution in [2.45, 2.75) is 30.2 Å². The van der Waals surface area contributed by atoms with Gasteiger partial charge in [0.25, 0.3) is 0 Å². The first kappa shape index (κ1) is 15.4. The van der Waals surface area contributed by atoms with Gasteiger partial charge in [0.1, 0.15) is 0 Å². The third-order valence-electron chi connectivity index (χ3n) is 3.08. The van der Waals surface area contributed by atoms with Crippen LogP contribution < -0.4 is 11.1 Å². The van der Waals surface area contributed by atoms with Crippen LogP contribution in [-0.2, 0) is 4.79 Å². The second kappa shape index (κ2) is 7.12. The first-order valence-electron chi connectivity index (χ1n) is 6.73. The maximum Gasteiger partial charge on any atom is 0.233 e. The van der Waals surface area contributed by atoms with Gasteiger partial charge >= 0.3 is 0 Å². The van der Waals surface area contributed by atoms with E-state index in [0.29, 0.717) is 11.7 Å². The fourth-order valence-corrected chi connectivity index (χ4v) is 2.58. The van der Waals surface area contributed by atoms with Crippen LogP contribution in [0.2, 0.25) is 0 Å². The van der Waals surface area contributed by atoms with E-state index in [-0.39, 0.29) is 23.0 Å². The number of carbonyl (C=O) groups excluding carboxylic acids is 1. The van der Waals surface area contributed by atoms with Gasteiger partial charge in [0.05, 0.1) is 5.25 Å². The highest BCUT2D eigenvalue weighted by atomic mass is 32.2. The average Bonchev–Trinajstić information content (AvgIpc) is 2.90. The van der Waals surface area contributed by atoms with Gasteiger partial charge in [-0.3, -0.25) is 4.79 Å². The van der Waals surface area contributed by atoms with E-state index in [0.717, 1.165) is 0 Å². The summed E-state index contributed by atoms with van der Waals surface area (Å²) in [5, 5.41) is 9.61. The summed E-state index contributed by atoms with van der Waals surface area (Å²) in [7, 11) is 0. The van der Waals surface area contributed by atoms with Crippen LogP contribution in [0.1, 0.15) is 25.3 Å². The number of carbonyl (C=O) groups is 1. The van der Waals surface area contributed by atoms with Crippen molar-refractivity contribution >= 4 is 23.6 Å². The standard InChI is InChI=1S/C14H19N5OS/c1-9(11-6-4-3-5-7-11)8-16-12(20)10(2)21-14-17-13(15)18-19-14/h3-7,9-10H,8H2,1-2H3,(H,16,20)(H3,15,17,18,19)/t9-,10-/m0/s1. The number of benzene rings is 1. The summed E-state index contributed by atoms with van der Waals surface area (Å²) in [4.78, 5) is 16.0. The Bertz CT molecular complexity index is 586. The topological polar surface area (TPSA) is 96.7 Å². The molecule has 112 valence electrons. The number of hydrogen-bond acceptors (Lipinski definition) is 5. The van der Waals surface area contributed by atoms with Crippen molar-refractivity contribution in [3.8, 4) is 0 Å². The normalized spacial score (nSPS) is 13.6. The summed E-state index contributed by atoms with van der Waals surface area (Å²) in [6.45, 7) is 4.51. The summed E-state index contributed by atoms with van der Waals surface area (Å²) in [5.74, 6) is 0.487. The van der Waals surface area contributed by atoms with E-state index in [1.165, 1.54) is 17.3 Å². The lowest BCUT2D eigenvalue weighted by Crippen LogP contribution is -2.33. The number of hydrogen-bond donors (Lipinski definition) is 3. The number of thioether (sulfide) groups is 1. The van der Waals surface area contributed by atoms with Crippen molar-refractivity contribution in [3.63, 3.8) is 0 Å². The molecular weight excluding hydrogens is 286 g/mol. The Morgan fingerprint density at radius 3 is 2.71 bits per heavy atom. The van der Waals surface area contributed by atoms with Crippen molar-refractivity contribution in [1.29, 1.82) is 0 Å². The second-order valence-electron chi connectivity index (χ2n) is 4.82. The van der Waals surface area contributed by atoms with Crippen molar-refractivity contribution in [3.05, 3.63) is 35.9 Å². The van der Waals surface area contributed by atoms with Crippen LogP contribution in [0.4, 0.5) is 5.95 Å². The Morgan fingerprint density at radius 2 is 2.10 bits per heavy atom. The van der Waals surface area contributed by atoms with Gasteiger partial charge in [-0.1, -0.05) is 49.0 Å². The quantitative estimate of drug-likeness (QED) is 0.707. The predicted molar refractivity (Wildman–Crippen MR) is 84.0 cm³/mol. The monoisotopic (exact) mass is 305 g/mol. The van der Waals surface area contributed by atoms with Crippen LogP contribution in [0.25, 0.3) is 0 Å². The van der Waals surface area contributed by atoms with E-state index in [4.69, 9.17) is 5.73 Å². The third-order valence-corrected chi connectivity index (χ3v) is 4.05. The van der Waals surface area contributed by atoms with Gasteiger partial charge in [-0.15, -0.1) is 5.10 Å². The smallest absolute Gasteiger partial charge is 0.233 e. The molecule has 1 heterocycles. The molecule has 0 bridgehead atoms. The molecule has 21 heavy (non-hydrogen) atoms. The molecule has 6 nitrogen and oxygen atoms in total. The van der Waals surface area contributed by atoms with Gasteiger partial charge in [0.15, 0.2) is 0 Å². The van der Waals surface area contributed by atoms with E-state index in [9.17, 15) is 4.79 Å². The zero-order valence-electron chi connectivity index (χ0n) is 12.0. The maximum atomic E-state index is 12.1. The predicted octanol–water partition coefficient (Wildman–Crippen LogP) is 1.79. The summed E-state index contributed by atoms with van der Waals surface area (Å²) in [5.41, 5.74) is 6.66. The number of amides is 1. The molecule has 0 unspecified atom stereocenters. The van der Waals surface area contributed by atoms with Crippen LogP contribution in [0, 0.1) is 0 Å². The molecule has 0 aliphatic heterocycles. The van der Waals surface area contributed by atoms with Crippen LogP contribution in [0.5, 0.6) is 0 Å². The molecule has 0 fully saturated rings. The summed E-state index contributed by atoms with van der Waals surface area (Å²) >= 11 is 1.27. The van der Waals surface area contributed by atoms with Crippen molar-refractivity contribution in [2.24, 2.45) is 0 Å². The van der Waals surface area contributed by atoms with Crippen molar-refractivity contribution in [1.82, 2.24) is 20.5 Å². The van der Waals surface area contributed by atoms with Crippen LogP contribution in [-0.4, -0.2) is 32.9 Å². The minimum Gasteiger partial charge on any atom is -0.368 e. The summed E-state index contributed by atoms with van der Waals surface area (Å²) in [6, 6.07) is 10.1. The molecule has 0 aliphatic carbocycles. The molecule has 1 aromatic carbocycles. The van der Waals surface area contributed by atoms with Crippen LogP contribution >= 0.6 is 11.8 Å². The van der Waals surface area contributed by atoms with Gasteiger partial charge in [-0.2, -0.15) is 4.98 Å². The lowest BCUT2D eigenvalue weighted by molar-refractivity contribution is -0.120. The molecule has 2 aromatic rings. The van der Waals surface area contributed by atoms with E-state index in [1.807, 2.05) is 25.1 Å². The Morgan fingerprint density at radius 1 is 1.38 bits per heavy atom. The minimum atomic E-state index is -0.275. The molecule has 1 amide bonds. The molecule has 0 saturated heterocycles. The fourth-order valence-electron chi connectivity index (χ4n) is 1.82. The summed E-state index contributed by atoms with van der Waals surface area (Å²) < 4.78 is 0. The molecule has 0 spiro atoms. The van der Waals surface area contributed by atoms with Gasteiger partial charge in [-0.05, 0) is 18.4 Å². The first-order valence-corrected chi connectivity index (χ1v) is 7.61. The van der Waals surface area contributed by atoms with Crippen LogP contribution in [0.15, 0.2) is 35.5 Å². The Hall–Kier alpha value is -2.02. The number of aromatic nitrogens is 3. The molecule has 0 aliphatic rings. The van der Waals surface area contributed by atoms with Crippen LogP contribution in [0.3, 0.4) is 0 Å². The second-order valence-corrected chi connectivity index (χ2v) is 6.13. The molecule has 2 atom stereocenters. The lowest BCUT2D eigenvalue weighted by atomic mass is 10.0. The van der Waals surface area contributed by atoms with E-state index >= 15 is 0 Å². The van der Waals surface area contributed by atoms with Gasteiger partial charge in [0.2, 0.25) is 17.0 Å². The number of nitrogens with two attached hydrogens (primary N) is 1. The molecule has 7 heteroatoms. The largest absolute Gasteiger partial charge is 0.368 e. The third kappa shape index (κ3) is 4.49. The Balaban J connectivity index is 1.81. The van der Waals surface area contributed by atoms with E-state index in [1.54, 1.807) is 0 Å². The first-order chi connectivity index (χ1) is 10.1. The van der Waals surface area contributed by atoms with Gasteiger partial charge in [0, 0.05) is 6.54 Å². The highest BCUT2D eigenvalue weighted by molar-refractivity contribution is 8.00. The molecule has 1 aromatic heterocycles. The molecule has 0 radical (unpaired) electrons. The lowest BCUT2D eigenvalue weighted by Gasteiger charge is -2.15. The molecule has 0 saturated carbocycles. The molecular formula is C14H19N5OS. The number of aromatic amines is 1. The number of H-pyrrole nitrogens is 1. The Labute approximate surface area is 127 Å². The van der Waals surface area contributed by atoms with E-state index < -0.39 is 0 Å². The average molecular weight is 305 g/mol. The van der Waals surface area contributed by atoms with Gasteiger partial charge in [-0.25, -0.2) is 5.10 Å². The van der Waals surface area contributed by atoms with E-state index in [2.05, 4.69) is 39.6 Å². The SMILES string of the molecule is C[C@H](Sc1n[nH]c(N)n1)C(=O)NC[C@H](C)c1ccccc1. The number of nitrogens with one attached hydrogen (secondary N) is 2. The molecule has 2 rings (SSSR count). The molecule has 4 N–H and O–H groups in total. The number of rotatable bonds is 6.